The predicted molar refractivity (Wildman–Crippen MR) is 87.0 cm³/mol. The summed E-state index contributed by atoms with van der Waals surface area (Å²) in [5, 5.41) is 4.46. The van der Waals surface area contributed by atoms with Gasteiger partial charge in [0.2, 0.25) is 0 Å². The Bertz CT molecular complexity index is 511. The number of rotatable bonds is 5. The van der Waals surface area contributed by atoms with Crippen molar-refractivity contribution in [1.29, 1.82) is 0 Å². The fraction of sp³-hybridized carbons (Fsp3) is 0.333. The lowest BCUT2D eigenvalue weighted by Gasteiger charge is -2.20. The molecular weight excluding hydrogens is 262 g/mol. The van der Waals surface area contributed by atoms with Crippen molar-refractivity contribution in [2.75, 3.05) is 0 Å². The maximum absolute atomic E-state index is 3.75. The average molecular weight is 283 g/mol. The quantitative estimate of drug-likeness (QED) is 0.867. The van der Waals surface area contributed by atoms with Crippen LogP contribution < -0.4 is 5.32 Å². The molecule has 0 spiro atoms. The highest BCUT2D eigenvalue weighted by Crippen LogP contribution is 2.35. The van der Waals surface area contributed by atoms with E-state index in [0.717, 1.165) is 6.54 Å². The molecule has 0 bridgehead atoms. The molecule has 2 heteroatoms. The molecule has 3 rings (SSSR count). The van der Waals surface area contributed by atoms with E-state index in [1.54, 1.807) is 0 Å². The van der Waals surface area contributed by atoms with E-state index in [9.17, 15) is 0 Å². The normalized spacial score (nSPS) is 22.0. The molecule has 0 aromatic heterocycles. The lowest BCUT2D eigenvalue weighted by Crippen LogP contribution is -2.33. The third-order valence-electron chi connectivity index (χ3n) is 3.89. The molecule has 104 valence electrons. The molecule has 1 saturated carbocycles. The summed E-state index contributed by atoms with van der Waals surface area (Å²) in [6, 6.07) is 22.1. The van der Waals surface area contributed by atoms with Gasteiger partial charge in [0, 0.05) is 22.7 Å². The molecule has 2 atom stereocenters. The molecule has 1 nitrogen and oxygen atoms in total. The van der Waals surface area contributed by atoms with E-state index in [0.29, 0.717) is 11.3 Å². The summed E-state index contributed by atoms with van der Waals surface area (Å²) in [7, 11) is 0. The van der Waals surface area contributed by atoms with Crippen LogP contribution in [0.15, 0.2) is 65.6 Å². The summed E-state index contributed by atoms with van der Waals surface area (Å²) < 4.78 is 0. The minimum Gasteiger partial charge on any atom is -0.309 e. The summed E-state index contributed by atoms with van der Waals surface area (Å²) in [6.45, 7) is 0.983. The lowest BCUT2D eigenvalue weighted by molar-refractivity contribution is 0.532. The van der Waals surface area contributed by atoms with Crippen LogP contribution in [0.25, 0.3) is 0 Å². The first-order chi connectivity index (χ1) is 9.92. The van der Waals surface area contributed by atoms with Crippen molar-refractivity contribution in [1.82, 2.24) is 5.32 Å². The van der Waals surface area contributed by atoms with Gasteiger partial charge in [0.25, 0.3) is 0 Å². The highest BCUT2D eigenvalue weighted by Gasteiger charge is 2.27. The zero-order valence-corrected chi connectivity index (χ0v) is 12.5. The minimum absolute atomic E-state index is 0.639. The lowest BCUT2D eigenvalue weighted by atomic mass is 10.2. The molecule has 0 amide bonds. The Balaban J connectivity index is 1.56. The summed E-state index contributed by atoms with van der Waals surface area (Å²) in [4.78, 5) is 1.39. The SMILES string of the molecule is c1ccc(CNC2CCCC2Sc2ccccc2)cc1. The zero-order chi connectivity index (χ0) is 13.6. The van der Waals surface area contributed by atoms with E-state index >= 15 is 0 Å². The monoisotopic (exact) mass is 283 g/mol. The Morgan fingerprint density at radius 3 is 2.35 bits per heavy atom. The van der Waals surface area contributed by atoms with Crippen molar-refractivity contribution in [3.8, 4) is 0 Å². The first kappa shape index (κ1) is 13.7. The van der Waals surface area contributed by atoms with Crippen LogP contribution in [0.3, 0.4) is 0 Å². The number of thioether (sulfide) groups is 1. The molecule has 1 aliphatic carbocycles. The second kappa shape index (κ2) is 6.96. The fourth-order valence-corrected chi connectivity index (χ4v) is 4.16. The largest absolute Gasteiger partial charge is 0.309 e. The van der Waals surface area contributed by atoms with Crippen molar-refractivity contribution in [2.24, 2.45) is 0 Å². The van der Waals surface area contributed by atoms with Gasteiger partial charge >= 0.3 is 0 Å². The number of hydrogen-bond acceptors (Lipinski definition) is 2. The third kappa shape index (κ3) is 3.65. The Morgan fingerprint density at radius 2 is 1.60 bits per heavy atom. The maximum atomic E-state index is 3.75. The van der Waals surface area contributed by atoms with Gasteiger partial charge in [-0.05, 0) is 30.5 Å². The summed E-state index contributed by atoms with van der Waals surface area (Å²) >= 11 is 2.03. The topological polar surface area (TPSA) is 12.0 Å². The van der Waals surface area contributed by atoms with Crippen LogP contribution in [0.4, 0.5) is 0 Å². The molecule has 1 N–H and O–H groups in total. The van der Waals surface area contributed by atoms with Gasteiger partial charge in [-0.3, -0.25) is 0 Å². The number of hydrogen-bond donors (Lipinski definition) is 1. The average Bonchev–Trinajstić information content (AvgIpc) is 2.94. The molecule has 2 aromatic carbocycles. The van der Waals surface area contributed by atoms with E-state index in [-0.39, 0.29) is 0 Å². The highest BCUT2D eigenvalue weighted by atomic mass is 32.2. The second-order valence-electron chi connectivity index (χ2n) is 5.37. The van der Waals surface area contributed by atoms with E-state index in [4.69, 9.17) is 0 Å². The smallest absolute Gasteiger partial charge is 0.0248 e. The number of nitrogens with one attached hydrogen (secondary N) is 1. The Kier molecular flexibility index (Phi) is 4.77. The Morgan fingerprint density at radius 1 is 0.900 bits per heavy atom. The van der Waals surface area contributed by atoms with Crippen LogP contribution in [0, 0.1) is 0 Å². The Labute approximate surface area is 125 Å². The van der Waals surface area contributed by atoms with Crippen LogP contribution in [0.2, 0.25) is 0 Å². The third-order valence-corrected chi connectivity index (χ3v) is 5.31. The van der Waals surface area contributed by atoms with Gasteiger partial charge in [0.1, 0.15) is 0 Å². The van der Waals surface area contributed by atoms with Gasteiger partial charge in [-0.15, -0.1) is 11.8 Å². The first-order valence-corrected chi connectivity index (χ1v) is 8.29. The molecule has 0 saturated heterocycles. The van der Waals surface area contributed by atoms with E-state index in [1.807, 2.05) is 11.8 Å². The van der Waals surface area contributed by atoms with Crippen LogP contribution in [0.5, 0.6) is 0 Å². The summed E-state index contributed by atoms with van der Waals surface area (Å²) in [5.74, 6) is 0. The van der Waals surface area contributed by atoms with Gasteiger partial charge in [-0.2, -0.15) is 0 Å². The van der Waals surface area contributed by atoms with Crippen molar-refractivity contribution >= 4 is 11.8 Å². The summed E-state index contributed by atoms with van der Waals surface area (Å²) in [5.41, 5.74) is 1.38. The number of benzene rings is 2. The summed E-state index contributed by atoms with van der Waals surface area (Å²) in [6.07, 6.45) is 3.97. The van der Waals surface area contributed by atoms with Gasteiger partial charge in [0.15, 0.2) is 0 Å². The standard InChI is InChI=1S/C18H21NS/c1-3-8-15(9-4-1)14-19-17-12-7-13-18(17)20-16-10-5-2-6-11-16/h1-6,8-11,17-19H,7,12-14H2. The predicted octanol–water partition coefficient (Wildman–Crippen LogP) is 4.49. The van der Waals surface area contributed by atoms with Crippen molar-refractivity contribution in [3.05, 3.63) is 66.2 Å². The second-order valence-corrected chi connectivity index (χ2v) is 6.69. The van der Waals surface area contributed by atoms with Gasteiger partial charge < -0.3 is 5.32 Å². The van der Waals surface area contributed by atoms with Crippen LogP contribution >= 0.6 is 11.8 Å². The Hall–Kier alpha value is -1.25. The maximum Gasteiger partial charge on any atom is 0.0248 e. The molecule has 0 radical (unpaired) electrons. The van der Waals surface area contributed by atoms with Crippen LogP contribution in [-0.4, -0.2) is 11.3 Å². The van der Waals surface area contributed by atoms with E-state index in [2.05, 4.69) is 66.0 Å². The van der Waals surface area contributed by atoms with E-state index in [1.165, 1.54) is 29.7 Å². The molecule has 0 heterocycles. The molecule has 2 aromatic rings. The van der Waals surface area contributed by atoms with Crippen molar-refractivity contribution < 1.29 is 0 Å². The van der Waals surface area contributed by atoms with Crippen molar-refractivity contribution in [3.63, 3.8) is 0 Å². The fourth-order valence-electron chi connectivity index (χ4n) is 2.82. The van der Waals surface area contributed by atoms with Gasteiger partial charge in [-0.25, -0.2) is 0 Å². The first-order valence-electron chi connectivity index (χ1n) is 7.41. The zero-order valence-electron chi connectivity index (χ0n) is 11.7. The molecular formula is C18H21NS. The molecule has 1 fully saturated rings. The van der Waals surface area contributed by atoms with E-state index < -0.39 is 0 Å². The van der Waals surface area contributed by atoms with Gasteiger partial charge in [0.05, 0.1) is 0 Å². The minimum atomic E-state index is 0.639. The molecule has 20 heavy (non-hydrogen) atoms. The highest BCUT2D eigenvalue weighted by molar-refractivity contribution is 8.00. The van der Waals surface area contributed by atoms with Crippen LogP contribution in [-0.2, 0) is 6.54 Å². The van der Waals surface area contributed by atoms with Crippen LogP contribution in [0.1, 0.15) is 24.8 Å². The van der Waals surface area contributed by atoms with Gasteiger partial charge in [-0.1, -0.05) is 55.0 Å². The molecule has 2 unspecified atom stereocenters. The molecule has 1 aliphatic rings. The molecule has 0 aliphatic heterocycles. The van der Waals surface area contributed by atoms with Crippen molar-refractivity contribution in [2.45, 2.75) is 42.0 Å².